The van der Waals surface area contributed by atoms with Crippen molar-refractivity contribution >= 4 is 23.5 Å². The second kappa shape index (κ2) is 6.11. The Balaban J connectivity index is 1.97. The predicted octanol–water partition coefficient (Wildman–Crippen LogP) is 2.29. The van der Waals surface area contributed by atoms with Gasteiger partial charge >= 0.3 is 0 Å². The summed E-state index contributed by atoms with van der Waals surface area (Å²) in [5, 5.41) is 14.2. The predicted molar refractivity (Wildman–Crippen MR) is 71.4 cm³/mol. The van der Waals surface area contributed by atoms with Crippen LogP contribution in [0.15, 0.2) is 4.52 Å². The van der Waals surface area contributed by atoms with Crippen molar-refractivity contribution in [1.29, 1.82) is 0 Å². The van der Waals surface area contributed by atoms with Gasteiger partial charge in [0, 0.05) is 23.2 Å². The number of aryl methyl sites for hydroxylation is 1. The van der Waals surface area contributed by atoms with E-state index in [4.69, 9.17) is 4.52 Å². The largest absolute Gasteiger partial charge is 0.393 e. The summed E-state index contributed by atoms with van der Waals surface area (Å²) < 4.78 is 5.22. The molecule has 2 rings (SSSR count). The highest BCUT2D eigenvalue weighted by molar-refractivity contribution is 8.06. The third-order valence-electron chi connectivity index (χ3n) is 2.70. The molecule has 6 heteroatoms. The Labute approximate surface area is 110 Å². The number of hydrogen-bond acceptors (Lipinski definition) is 6. The minimum Gasteiger partial charge on any atom is -0.393 e. The molecule has 1 saturated heterocycles. The summed E-state index contributed by atoms with van der Waals surface area (Å²) in [4.78, 5) is 4.43. The molecule has 1 fully saturated rings. The molecule has 0 spiro atoms. The number of aliphatic hydroxyl groups is 1. The molecule has 1 aliphatic heterocycles. The summed E-state index contributed by atoms with van der Waals surface area (Å²) in [5.74, 6) is 3.81. The molecule has 1 aromatic rings. The summed E-state index contributed by atoms with van der Waals surface area (Å²) in [6.07, 6.45) is 1.01. The van der Waals surface area contributed by atoms with Crippen LogP contribution in [0.2, 0.25) is 0 Å². The molecule has 17 heavy (non-hydrogen) atoms. The Morgan fingerprint density at radius 2 is 2.24 bits per heavy atom. The van der Waals surface area contributed by atoms with E-state index >= 15 is 0 Å². The fourth-order valence-electron chi connectivity index (χ4n) is 1.73. The lowest BCUT2D eigenvalue weighted by atomic mass is 10.2. The molecular formula is C11H18N2O2S2. The maximum Gasteiger partial charge on any atom is 0.226 e. The molecular weight excluding hydrogens is 256 g/mol. The molecule has 0 saturated carbocycles. The van der Waals surface area contributed by atoms with E-state index < -0.39 is 0 Å². The van der Waals surface area contributed by atoms with Crippen molar-refractivity contribution in [3.05, 3.63) is 11.7 Å². The Bertz CT molecular complexity index is 357. The van der Waals surface area contributed by atoms with Crippen LogP contribution in [-0.2, 0) is 6.42 Å². The van der Waals surface area contributed by atoms with Gasteiger partial charge in [0.05, 0.1) is 11.4 Å². The van der Waals surface area contributed by atoms with Gasteiger partial charge in [0.15, 0.2) is 5.82 Å². The van der Waals surface area contributed by atoms with Crippen LogP contribution in [0.5, 0.6) is 0 Å². The normalized spacial score (nSPS) is 27.0. The fourth-order valence-corrected chi connectivity index (χ4v) is 4.41. The number of aliphatic hydroxyl groups excluding tert-OH is 1. The number of rotatable bonds is 4. The van der Waals surface area contributed by atoms with Crippen LogP contribution in [0.1, 0.15) is 37.2 Å². The lowest BCUT2D eigenvalue weighted by molar-refractivity contribution is 0.180. The van der Waals surface area contributed by atoms with E-state index in [2.05, 4.69) is 17.1 Å². The van der Waals surface area contributed by atoms with E-state index in [-0.39, 0.29) is 6.10 Å². The van der Waals surface area contributed by atoms with Gasteiger partial charge in [-0.05, 0) is 13.3 Å². The van der Waals surface area contributed by atoms with Crippen LogP contribution in [0.25, 0.3) is 0 Å². The molecule has 0 aromatic carbocycles. The second-order valence-corrected chi connectivity index (χ2v) is 7.04. The van der Waals surface area contributed by atoms with E-state index in [0.717, 1.165) is 11.6 Å². The first-order valence-corrected chi connectivity index (χ1v) is 8.00. The van der Waals surface area contributed by atoms with Crippen molar-refractivity contribution in [2.75, 3.05) is 11.5 Å². The minimum atomic E-state index is -0.316. The van der Waals surface area contributed by atoms with E-state index in [9.17, 15) is 5.11 Å². The van der Waals surface area contributed by atoms with Gasteiger partial charge in [-0.2, -0.15) is 16.7 Å². The van der Waals surface area contributed by atoms with Crippen molar-refractivity contribution in [3.8, 4) is 0 Å². The molecule has 0 amide bonds. The molecule has 3 unspecified atom stereocenters. The fraction of sp³-hybridized carbons (Fsp3) is 0.818. The van der Waals surface area contributed by atoms with Crippen molar-refractivity contribution in [2.45, 2.75) is 43.3 Å². The maximum atomic E-state index is 9.21. The van der Waals surface area contributed by atoms with Crippen molar-refractivity contribution in [3.63, 3.8) is 0 Å². The Morgan fingerprint density at radius 1 is 1.47 bits per heavy atom. The molecule has 1 N–H and O–H groups in total. The summed E-state index contributed by atoms with van der Waals surface area (Å²) in [5.41, 5.74) is 0. The molecule has 4 nitrogen and oxygen atoms in total. The van der Waals surface area contributed by atoms with Gasteiger partial charge in [-0.1, -0.05) is 12.1 Å². The van der Waals surface area contributed by atoms with E-state index in [0.29, 0.717) is 29.2 Å². The zero-order valence-electron chi connectivity index (χ0n) is 10.1. The molecule has 3 atom stereocenters. The highest BCUT2D eigenvalue weighted by atomic mass is 32.2. The average Bonchev–Trinajstić information content (AvgIpc) is 2.75. The van der Waals surface area contributed by atoms with Gasteiger partial charge in [-0.3, -0.25) is 0 Å². The third-order valence-corrected chi connectivity index (χ3v) is 5.79. The molecule has 1 aliphatic rings. The van der Waals surface area contributed by atoms with Crippen LogP contribution >= 0.6 is 23.5 Å². The molecule has 0 aliphatic carbocycles. The van der Waals surface area contributed by atoms with Gasteiger partial charge in [-0.15, -0.1) is 11.8 Å². The molecule has 96 valence electrons. The maximum absolute atomic E-state index is 9.21. The van der Waals surface area contributed by atoms with Gasteiger partial charge in [0.25, 0.3) is 0 Å². The molecule has 0 radical (unpaired) electrons. The summed E-state index contributed by atoms with van der Waals surface area (Å²) in [7, 11) is 0. The lowest BCUT2D eigenvalue weighted by Gasteiger charge is -2.24. The van der Waals surface area contributed by atoms with Crippen molar-refractivity contribution < 1.29 is 9.63 Å². The van der Waals surface area contributed by atoms with Gasteiger partial charge in [0.2, 0.25) is 5.89 Å². The lowest BCUT2D eigenvalue weighted by Crippen LogP contribution is -2.16. The Morgan fingerprint density at radius 3 is 2.94 bits per heavy atom. The van der Waals surface area contributed by atoms with Gasteiger partial charge < -0.3 is 9.63 Å². The highest BCUT2D eigenvalue weighted by Crippen LogP contribution is 2.41. The minimum absolute atomic E-state index is 0.316. The Hall–Kier alpha value is -0.200. The average molecular weight is 274 g/mol. The number of aromatic nitrogens is 2. The van der Waals surface area contributed by atoms with E-state index in [1.807, 2.05) is 23.5 Å². The first-order chi connectivity index (χ1) is 8.16. The SMILES string of the molecule is CC(O)CCc1nc(C2SCCSC2C)no1. The number of thioether (sulfide) groups is 2. The second-order valence-electron chi connectivity index (χ2n) is 4.30. The summed E-state index contributed by atoms with van der Waals surface area (Å²) >= 11 is 3.87. The molecule has 2 heterocycles. The van der Waals surface area contributed by atoms with Crippen LogP contribution in [0, 0.1) is 0 Å². The zero-order valence-corrected chi connectivity index (χ0v) is 11.8. The summed E-state index contributed by atoms with van der Waals surface area (Å²) in [6, 6.07) is 0. The van der Waals surface area contributed by atoms with Crippen LogP contribution < -0.4 is 0 Å². The third kappa shape index (κ3) is 3.63. The van der Waals surface area contributed by atoms with Crippen molar-refractivity contribution in [2.24, 2.45) is 0 Å². The molecule has 0 bridgehead atoms. The Kier molecular flexibility index (Phi) is 4.76. The van der Waals surface area contributed by atoms with E-state index in [1.54, 1.807) is 6.92 Å². The van der Waals surface area contributed by atoms with Crippen LogP contribution in [0.4, 0.5) is 0 Å². The number of nitrogens with zero attached hydrogens (tertiary/aromatic N) is 2. The van der Waals surface area contributed by atoms with Crippen LogP contribution in [-0.4, -0.2) is 38.1 Å². The number of hydrogen-bond donors (Lipinski definition) is 1. The van der Waals surface area contributed by atoms with Crippen LogP contribution in [0.3, 0.4) is 0 Å². The van der Waals surface area contributed by atoms with Gasteiger partial charge in [0.1, 0.15) is 0 Å². The first-order valence-electron chi connectivity index (χ1n) is 5.90. The standard InChI is InChI=1S/C11H18N2O2S2/c1-7(14)3-4-9-12-11(13-15-9)10-8(2)16-5-6-17-10/h7-8,10,14H,3-6H2,1-2H3. The quantitative estimate of drug-likeness (QED) is 0.909. The molecule has 1 aromatic heterocycles. The van der Waals surface area contributed by atoms with Gasteiger partial charge in [-0.25, -0.2) is 0 Å². The van der Waals surface area contributed by atoms with E-state index in [1.165, 1.54) is 5.75 Å². The zero-order chi connectivity index (χ0) is 12.3. The first kappa shape index (κ1) is 13.2. The monoisotopic (exact) mass is 274 g/mol. The highest BCUT2D eigenvalue weighted by Gasteiger charge is 2.28. The topological polar surface area (TPSA) is 59.2 Å². The van der Waals surface area contributed by atoms with Crippen molar-refractivity contribution in [1.82, 2.24) is 10.1 Å². The summed E-state index contributed by atoms with van der Waals surface area (Å²) in [6.45, 7) is 3.99. The smallest absolute Gasteiger partial charge is 0.226 e.